The monoisotopic (exact) mass is 419 g/mol. The van der Waals surface area contributed by atoms with Gasteiger partial charge in [0.15, 0.2) is 0 Å². The lowest BCUT2D eigenvalue weighted by Crippen LogP contribution is -2.39. The molecule has 0 aliphatic carbocycles. The second kappa shape index (κ2) is 9.57. The van der Waals surface area contributed by atoms with E-state index in [-0.39, 0.29) is 34.7 Å². The molecule has 0 radical (unpaired) electrons. The maximum absolute atomic E-state index is 13.1. The van der Waals surface area contributed by atoms with E-state index in [9.17, 15) is 13.2 Å². The summed E-state index contributed by atoms with van der Waals surface area (Å²) in [6.45, 7) is 12.6. The van der Waals surface area contributed by atoms with Gasteiger partial charge in [-0.3, -0.25) is 4.79 Å². The number of nitrogens with zero attached hydrogens (tertiary/aromatic N) is 3. The Morgan fingerprint density at radius 2 is 1.69 bits per heavy atom. The molecule has 0 aliphatic rings. The Labute approximate surface area is 174 Å². The number of aromatic nitrogens is 2. The van der Waals surface area contributed by atoms with Gasteiger partial charge >= 0.3 is 0 Å². The van der Waals surface area contributed by atoms with Crippen molar-refractivity contribution < 1.29 is 13.2 Å². The molecule has 6 nitrogen and oxygen atoms in total. The molecule has 0 atom stereocenters. The third-order valence-electron chi connectivity index (χ3n) is 4.66. The number of sulfone groups is 1. The molecule has 0 bridgehead atoms. The third-order valence-corrected chi connectivity index (χ3v) is 6.26. The van der Waals surface area contributed by atoms with E-state index in [2.05, 4.69) is 4.98 Å². The van der Waals surface area contributed by atoms with E-state index in [1.807, 2.05) is 59.7 Å². The number of amides is 1. The summed E-state index contributed by atoms with van der Waals surface area (Å²) in [5.74, 6) is 0.0642. The predicted octanol–water partition coefficient (Wildman–Crippen LogP) is 3.91. The first-order valence-electron chi connectivity index (χ1n) is 10.1. The van der Waals surface area contributed by atoms with Crippen LogP contribution in [0.1, 0.15) is 52.8 Å². The molecule has 0 saturated carbocycles. The summed E-state index contributed by atoms with van der Waals surface area (Å²) in [5.41, 5.74) is 1.47. The molecule has 1 aromatic heterocycles. The standard InChI is InChI=1S/C22H33N3O3S/c1-16(2)13-25-20(14-24(18(5)6)21(26)17(3)4)12-23-22(25)29(27,28)15-19-10-8-7-9-11-19/h7-12,16-18H,13-15H2,1-6H3. The van der Waals surface area contributed by atoms with Crippen molar-refractivity contribution in [3.05, 3.63) is 47.8 Å². The van der Waals surface area contributed by atoms with Crippen LogP contribution >= 0.6 is 0 Å². The van der Waals surface area contributed by atoms with Crippen LogP contribution in [0.3, 0.4) is 0 Å². The van der Waals surface area contributed by atoms with Crippen molar-refractivity contribution in [3.8, 4) is 0 Å². The fourth-order valence-corrected chi connectivity index (χ4v) is 4.71. The molecule has 2 rings (SSSR count). The van der Waals surface area contributed by atoms with Crippen molar-refractivity contribution in [3.63, 3.8) is 0 Å². The highest BCUT2D eigenvalue weighted by molar-refractivity contribution is 7.90. The van der Waals surface area contributed by atoms with E-state index in [4.69, 9.17) is 0 Å². The Hall–Kier alpha value is -2.15. The average Bonchev–Trinajstić information content (AvgIpc) is 3.01. The van der Waals surface area contributed by atoms with E-state index < -0.39 is 9.84 Å². The molecule has 0 aliphatic heterocycles. The van der Waals surface area contributed by atoms with Gasteiger partial charge in [0.25, 0.3) is 0 Å². The molecule has 0 N–H and O–H groups in total. The van der Waals surface area contributed by atoms with Gasteiger partial charge in [0.1, 0.15) is 0 Å². The second-order valence-electron chi connectivity index (χ2n) is 8.50. The van der Waals surface area contributed by atoms with Crippen molar-refractivity contribution in [2.45, 2.75) is 71.6 Å². The second-order valence-corrected chi connectivity index (χ2v) is 10.4. The lowest BCUT2D eigenvalue weighted by molar-refractivity contribution is -0.137. The van der Waals surface area contributed by atoms with Gasteiger partial charge in [-0.1, -0.05) is 58.0 Å². The zero-order valence-electron chi connectivity index (χ0n) is 18.3. The number of hydrogen-bond donors (Lipinski definition) is 0. The van der Waals surface area contributed by atoms with E-state index in [1.54, 1.807) is 27.8 Å². The zero-order valence-corrected chi connectivity index (χ0v) is 19.1. The largest absolute Gasteiger partial charge is 0.334 e. The van der Waals surface area contributed by atoms with Gasteiger partial charge in [-0.25, -0.2) is 13.4 Å². The van der Waals surface area contributed by atoms with Crippen LogP contribution in [0.4, 0.5) is 0 Å². The van der Waals surface area contributed by atoms with Crippen molar-refractivity contribution in [2.24, 2.45) is 11.8 Å². The summed E-state index contributed by atoms with van der Waals surface area (Å²) in [5, 5.41) is 0.0748. The SMILES string of the molecule is CC(C)Cn1c(CN(C(=O)C(C)C)C(C)C)cnc1S(=O)(=O)Cc1ccccc1. The number of benzene rings is 1. The first kappa shape index (κ1) is 23.1. The van der Waals surface area contributed by atoms with Gasteiger partial charge in [-0.2, -0.15) is 0 Å². The number of carbonyl (C=O) groups is 1. The number of rotatable bonds is 9. The number of hydrogen-bond acceptors (Lipinski definition) is 4. The van der Waals surface area contributed by atoms with Crippen LogP contribution in [0, 0.1) is 11.8 Å². The predicted molar refractivity (Wildman–Crippen MR) is 115 cm³/mol. The highest BCUT2D eigenvalue weighted by atomic mass is 32.2. The van der Waals surface area contributed by atoms with Gasteiger partial charge in [-0.05, 0) is 25.3 Å². The normalized spacial score (nSPS) is 12.2. The first-order valence-corrected chi connectivity index (χ1v) is 11.8. The minimum atomic E-state index is -3.61. The summed E-state index contributed by atoms with van der Waals surface area (Å²) in [6, 6.07) is 9.13. The van der Waals surface area contributed by atoms with Gasteiger partial charge in [0.2, 0.25) is 20.9 Å². The molecule has 1 heterocycles. The van der Waals surface area contributed by atoms with Crippen molar-refractivity contribution in [1.29, 1.82) is 0 Å². The molecule has 0 unspecified atom stereocenters. The van der Waals surface area contributed by atoms with Crippen LogP contribution in [-0.4, -0.2) is 34.8 Å². The smallest absolute Gasteiger partial charge is 0.228 e. The minimum absolute atomic E-state index is 0.0108. The van der Waals surface area contributed by atoms with E-state index >= 15 is 0 Å². The van der Waals surface area contributed by atoms with Crippen LogP contribution in [-0.2, 0) is 33.5 Å². The topological polar surface area (TPSA) is 72.3 Å². The average molecular weight is 420 g/mol. The van der Waals surface area contributed by atoms with Crippen LogP contribution < -0.4 is 0 Å². The molecular formula is C22H33N3O3S. The lowest BCUT2D eigenvalue weighted by Gasteiger charge is -2.29. The van der Waals surface area contributed by atoms with Gasteiger partial charge in [-0.15, -0.1) is 0 Å². The molecular weight excluding hydrogens is 386 g/mol. The molecule has 0 spiro atoms. The molecule has 1 amide bonds. The molecule has 7 heteroatoms. The summed E-state index contributed by atoms with van der Waals surface area (Å²) < 4.78 is 28.0. The maximum Gasteiger partial charge on any atom is 0.228 e. The van der Waals surface area contributed by atoms with Crippen molar-refractivity contribution in [1.82, 2.24) is 14.5 Å². The summed E-state index contributed by atoms with van der Waals surface area (Å²) >= 11 is 0. The van der Waals surface area contributed by atoms with Crippen molar-refractivity contribution >= 4 is 15.7 Å². The molecule has 1 aromatic carbocycles. The van der Waals surface area contributed by atoms with E-state index in [1.165, 1.54) is 0 Å². The summed E-state index contributed by atoms with van der Waals surface area (Å²) in [6.07, 6.45) is 1.60. The Kier molecular flexibility index (Phi) is 7.63. The molecule has 2 aromatic rings. The van der Waals surface area contributed by atoms with Crippen LogP contribution in [0.15, 0.2) is 41.7 Å². The third kappa shape index (κ3) is 5.92. The van der Waals surface area contributed by atoms with Crippen molar-refractivity contribution in [2.75, 3.05) is 0 Å². The van der Waals surface area contributed by atoms with Crippen LogP contribution in [0.5, 0.6) is 0 Å². The lowest BCUT2D eigenvalue weighted by atomic mass is 10.1. The molecule has 29 heavy (non-hydrogen) atoms. The number of carbonyl (C=O) groups excluding carboxylic acids is 1. The van der Waals surface area contributed by atoms with E-state index in [0.717, 1.165) is 11.3 Å². The summed E-state index contributed by atoms with van der Waals surface area (Å²) in [4.78, 5) is 18.7. The molecule has 0 saturated heterocycles. The van der Waals surface area contributed by atoms with Crippen LogP contribution in [0.2, 0.25) is 0 Å². The first-order chi connectivity index (χ1) is 13.5. The van der Waals surface area contributed by atoms with E-state index in [0.29, 0.717) is 13.1 Å². The van der Waals surface area contributed by atoms with Crippen LogP contribution in [0.25, 0.3) is 0 Å². The summed E-state index contributed by atoms with van der Waals surface area (Å²) in [7, 11) is -3.61. The zero-order chi connectivity index (χ0) is 21.8. The Morgan fingerprint density at radius 1 is 1.07 bits per heavy atom. The van der Waals surface area contributed by atoms with Gasteiger partial charge in [0, 0.05) is 18.5 Å². The number of imidazole rings is 1. The van der Waals surface area contributed by atoms with Gasteiger partial charge in [0.05, 0.1) is 24.2 Å². The molecule has 160 valence electrons. The molecule has 0 fully saturated rings. The highest BCUT2D eigenvalue weighted by Crippen LogP contribution is 2.21. The Morgan fingerprint density at radius 3 is 2.21 bits per heavy atom. The fraction of sp³-hybridized carbons (Fsp3) is 0.545. The maximum atomic E-state index is 13.1. The Balaban J connectivity index is 2.43. The fourth-order valence-electron chi connectivity index (χ4n) is 3.21. The minimum Gasteiger partial charge on any atom is -0.334 e. The highest BCUT2D eigenvalue weighted by Gasteiger charge is 2.27. The van der Waals surface area contributed by atoms with Gasteiger partial charge < -0.3 is 9.47 Å². The quantitative estimate of drug-likeness (QED) is 0.618. The Bertz CT molecular complexity index is 916.